The number of hydrogen-bond acceptors (Lipinski definition) is 4. The Balaban J connectivity index is 2.06. The number of halogens is 1. The summed E-state index contributed by atoms with van der Waals surface area (Å²) in [6.45, 7) is 5.40. The van der Waals surface area contributed by atoms with Crippen molar-refractivity contribution in [3.63, 3.8) is 0 Å². The van der Waals surface area contributed by atoms with Crippen LogP contribution in [0.1, 0.15) is 37.8 Å². The zero-order valence-electron chi connectivity index (χ0n) is 12.5. The Morgan fingerprint density at radius 1 is 1.48 bits per heavy atom. The van der Waals surface area contributed by atoms with Gasteiger partial charge in [0, 0.05) is 5.92 Å². The molecule has 0 radical (unpaired) electrons. The molecule has 2 aromatic rings. The van der Waals surface area contributed by atoms with Crippen molar-refractivity contribution in [1.29, 1.82) is 0 Å². The maximum Gasteiger partial charge on any atom is 0.137 e. The predicted octanol–water partition coefficient (Wildman–Crippen LogP) is 2.22. The molecule has 0 aliphatic carbocycles. The van der Waals surface area contributed by atoms with Gasteiger partial charge in [0.2, 0.25) is 0 Å². The lowest BCUT2D eigenvalue weighted by molar-refractivity contribution is -0.0936. The number of aryl methyl sites for hydroxylation is 1. The van der Waals surface area contributed by atoms with E-state index in [1.165, 1.54) is 6.33 Å². The third-order valence-corrected chi connectivity index (χ3v) is 4.79. The van der Waals surface area contributed by atoms with Gasteiger partial charge in [-0.05, 0) is 25.5 Å². The molecular formula is C15H20FN3O2. The smallest absolute Gasteiger partial charge is 0.137 e. The molecule has 6 heteroatoms. The SMILES string of the molecule is CC[C@@]1(CO)O[C@@H](c2ccc3c(C)ncnn23)[C@H](F)[C@@H]1C. The molecule has 114 valence electrons. The lowest BCUT2D eigenvalue weighted by Gasteiger charge is -2.29. The largest absolute Gasteiger partial charge is 0.393 e. The average molecular weight is 293 g/mol. The zero-order chi connectivity index (χ0) is 15.2. The molecule has 1 saturated heterocycles. The Hall–Kier alpha value is -1.53. The van der Waals surface area contributed by atoms with Crippen LogP contribution in [0.15, 0.2) is 18.5 Å². The topological polar surface area (TPSA) is 59.7 Å². The maximum absolute atomic E-state index is 14.7. The van der Waals surface area contributed by atoms with Gasteiger partial charge in [0.05, 0.1) is 29.1 Å². The van der Waals surface area contributed by atoms with Crippen LogP contribution >= 0.6 is 0 Å². The molecule has 0 bridgehead atoms. The van der Waals surface area contributed by atoms with Crippen LogP contribution in [0.5, 0.6) is 0 Å². The summed E-state index contributed by atoms with van der Waals surface area (Å²) in [6.07, 6.45) is 0.129. The van der Waals surface area contributed by atoms with Crippen molar-refractivity contribution >= 4 is 5.52 Å². The Bertz CT molecular complexity index is 653. The van der Waals surface area contributed by atoms with E-state index in [1.807, 2.05) is 26.0 Å². The van der Waals surface area contributed by atoms with Crippen LogP contribution in [0.2, 0.25) is 0 Å². The summed E-state index contributed by atoms with van der Waals surface area (Å²) in [6, 6.07) is 3.69. The molecule has 3 heterocycles. The fourth-order valence-electron chi connectivity index (χ4n) is 3.19. The van der Waals surface area contributed by atoms with E-state index in [2.05, 4.69) is 10.1 Å². The highest BCUT2D eigenvalue weighted by atomic mass is 19.1. The number of ether oxygens (including phenoxy) is 1. The Morgan fingerprint density at radius 3 is 2.86 bits per heavy atom. The highest BCUT2D eigenvalue weighted by molar-refractivity contribution is 5.52. The van der Waals surface area contributed by atoms with E-state index in [-0.39, 0.29) is 12.5 Å². The third-order valence-electron chi connectivity index (χ3n) is 4.79. The van der Waals surface area contributed by atoms with Gasteiger partial charge in [-0.15, -0.1) is 0 Å². The van der Waals surface area contributed by atoms with Crippen LogP contribution in [0.25, 0.3) is 5.52 Å². The van der Waals surface area contributed by atoms with Crippen LogP contribution in [-0.4, -0.2) is 38.1 Å². The van der Waals surface area contributed by atoms with Crippen LogP contribution < -0.4 is 0 Å². The van der Waals surface area contributed by atoms with E-state index in [9.17, 15) is 9.50 Å². The summed E-state index contributed by atoms with van der Waals surface area (Å²) in [4.78, 5) is 4.14. The summed E-state index contributed by atoms with van der Waals surface area (Å²) in [5, 5.41) is 13.9. The van der Waals surface area contributed by atoms with E-state index >= 15 is 0 Å². The number of rotatable bonds is 3. The fourth-order valence-corrected chi connectivity index (χ4v) is 3.19. The molecule has 2 aromatic heterocycles. The van der Waals surface area contributed by atoms with Crippen molar-refractivity contribution in [1.82, 2.24) is 14.6 Å². The molecule has 0 spiro atoms. The Morgan fingerprint density at radius 2 is 2.24 bits per heavy atom. The molecule has 4 atom stereocenters. The first kappa shape index (κ1) is 14.4. The first-order chi connectivity index (χ1) is 10.0. The average Bonchev–Trinajstić information content (AvgIpc) is 3.02. The van der Waals surface area contributed by atoms with Gasteiger partial charge in [0.25, 0.3) is 0 Å². The van der Waals surface area contributed by atoms with E-state index in [0.717, 1.165) is 11.2 Å². The van der Waals surface area contributed by atoms with Crippen molar-refractivity contribution in [2.75, 3.05) is 6.61 Å². The second kappa shape index (κ2) is 5.03. The maximum atomic E-state index is 14.7. The molecule has 0 unspecified atom stereocenters. The lowest BCUT2D eigenvalue weighted by atomic mass is 9.85. The molecule has 0 saturated carbocycles. The molecule has 3 rings (SSSR count). The normalized spacial score (nSPS) is 32.9. The summed E-state index contributed by atoms with van der Waals surface area (Å²) >= 11 is 0. The number of nitrogens with zero attached hydrogens (tertiary/aromatic N) is 3. The molecule has 5 nitrogen and oxygen atoms in total. The third kappa shape index (κ3) is 1.97. The first-order valence-electron chi connectivity index (χ1n) is 7.26. The van der Waals surface area contributed by atoms with Crippen molar-refractivity contribution in [2.24, 2.45) is 5.92 Å². The molecule has 1 aliphatic rings. The highest BCUT2D eigenvalue weighted by Crippen LogP contribution is 2.47. The standard InChI is InChI=1S/C15H20FN3O2/c1-4-15(7-20)9(2)13(16)14(21-15)12-6-5-11-10(3)17-8-18-19(11)12/h5-6,8-9,13-14,20H,4,7H2,1-3H3/t9-,13+,14-,15-/m0/s1. The van der Waals surface area contributed by atoms with Crippen molar-refractivity contribution in [2.45, 2.75) is 45.1 Å². The second-order valence-electron chi connectivity index (χ2n) is 5.75. The van der Waals surface area contributed by atoms with Gasteiger partial charge >= 0.3 is 0 Å². The molecule has 0 amide bonds. The summed E-state index contributed by atoms with van der Waals surface area (Å²) < 4.78 is 22.4. The minimum Gasteiger partial charge on any atom is -0.393 e. The highest BCUT2D eigenvalue weighted by Gasteiger charge is 2.53. The van der Waals surface area contributed by atoms with Gasteiger partial charge in [0.1, 0.15) is 18.6 Å². The van der Waals surface area contributed by atoms with Crippen molar-refractivity contribution in [3.05, 3.63) is 29.8 Å². The monoisotopic (exact) mass is 293 g/mol. The summed E-state index contributed by atoms with van der Waals surface area (Å²) in [7, 11) is 0. The number of aliphatic hydroxyl groups is 1. The van der Waals surface area contributed by atoms with Crippen LogP contribution in [0.4, 0.5) is 4.39 Å². The molecular weight excluding hydrogens is 273 g/mol. The Labute approximate surface area is 122 Å². The molecule has 1 N–H and O–H groups in total. The molecule has 1 aliphatic heterocycles. The minimum absolute atomic E-state index is 0.182. The lowest BCUT2D eigenvalue weighted by Crippen LogP contribution is -2.39. The zero-order valence-corrected chi connectivity index (χ0v) is 12.5. The number of aliphatic hydroxyl groups excluding tert-OH is 1. The van der Waals surface area contributed by atoms with Gasteiger partial charge in [-0.25, -0.2) is 13.9 Å². The Kier molecular flexibility index (Phi) is 3.45. The van der Waals surface area contributed by atoms with Gasteiger partial charge in [-0.2, -0.15) is 5.10 Å². The van der Waals surface area contributed by atoms with Crippen molar-refractivity contribution in [3.8, 4) is 0 Å². The van der Waals surface area contributed by atoms with Gasteiger partial charge in [-0.1, -0.05) is 13.8 Å². The minimum atomic E-state index is -1.18. The molecule has 0 aromatic carbocycles. The summed E-state index contributed by atoms with van der Waals surface area (Å²) in [5.74, 6) is -0.369. The van der Waals surface area contributed by atoms with Crippen LogP contribution in [0, 0.1) is 12.8 Å². The molecule has 1 fully saturated rings. The predicted molar refractivity (Wildman–Crippen MR) is 75.7 cm³/mol. The number of fused-ring (bicyclic) bond motifs is 1. The van der Waals surface area contributed by atoms with E-state index < -0.39 is 17.9 Å². The van der Waals surface area contributed by atoms with Crippen molar-refractivity contribution < 1.29 is 14.2 Å². The van der Waals surface area contributed by atoms with E-state index in [0.29, 0.717) is 12.1 Å². The number of aromatic nitrogens is 3. The van der Waals surface area contributed by atoms with Gasteiger partial charge < -0.3 is 9.84 Å². The van der Waals surface area contributed by atoms with Gasteiger partial charge in [-0.3, -0.25) is 0 Å². The van der Waals surface area contributed by atoms with Crippen LogP contribution in [-0.2, 0) is 4.74 Å². The van der Waals surface area contributed by atoms with E-state index in [1.54, 1.807) is 11.4 Å². The number of hydrogen-bond donors (Lipinski definition) is 1. The fraction of sp³-hybridized carbons (Fsp3) is 0.600. The van der Waals surface area contributed by atoms with Gasteiger partial charge in [0.15, 0.2) is 0 Å². The van der Waals surface area contributed by atoms with E-state index in [4.69, 9.17) is 4.74 Å². The molecule has 21 heavy (non-hydrogen) atoms. The first-order valence-corrected chi connectivity index (χ1v) is 7.26. The second-order valence-corrected chi connectivity index (χ2v) is 5.75. The van der Waals surface area contributed by atoms with Crippen LogP contribution in [0.3, 0.4) is 0 Å². The number of alkyl halides is 1. The summed E-state index contributed by atoms with van der Waals surface area (Å²) in [5.41, 5.74) is 1.52. The quantitative estimate of drug-likeness (QED) is 0.942.